The molecule has 0 aliphatic heterocycles. The van der Waals surface area contributed by atoms with Gasteiger partial charge >= 0.3 is 6.03 Å². The third-order valence-electron chi connectivity index (χ3n) is 3.94. The van der Waals surface area contributed by atoms with Crippen LogP contribution in [-0.4, -0.2) is 12.6 Å². The van der Waals surface area contributed by atoms with Crippen molar-refractivity contribution in [3.8, 4) is 0 Å². The molecule has 6 heteroatoms. The SMILES string of the molecule is Cl.NC[C@H]1C[C@@H]1c1ccccc1NC(=O)Nc1ccc(Cl)cc1. The van der Waals surface area contributed by atoms with Gasteiger partial charge in [-0.05, 0) is 60.7 Å². The van der Waals surface area contributed by atoms with Gasteiger partial charge in [0.1, 0.15) is 0 Å². The average Bonchev–Trinajstić information content (AvgIpc) is 3.30. The number of benzene rings is 2. The standard InChI is InChI=1S/C17H18ClN3O.ClH/c18-12-5-7-13(8-6-12)20-17(22)21-16-4-2-1-3-14(16)15-9-11(15)10-19;/h1-8,11,15H,9-10,19H2,(H2,20,21,22);1H/t11-,15+;/m1./s1. The van der Waals surface area contributed by atoms with E-state index < -0.39 is 0 Å². The number of amides is 2. The van der Waals surface area contributed by atoms with Gasteiger partial charge < -0.3 is 16.4 Å². The molecule has 1 aliphatic rings. The minimum absolute atomic E-state index is 0. The Bertz CT molecular complexity index is 676. The van der Waals surface area contributed by atoms with Crippen LogP contribution in [0.25, 0.3) is 0 Å². The monoisotopic (exact) mass is 351 g/mol. The van der Waals surface area contributed by atoms with Gasteiger partial charge in [-0.2, -0.15) is 0 Å². The van der Waals surface area contributed by atoms with E-state index >= 15 is 0 Å². The molecule has 2 aromatic carbocycles. The van der Waals surface area contributed by atoms with Crippen molar-refractivity contribution in [1.29, 1.82) is 0 Å². The van der Waals surface area contributed by atoms with Crippen molar-refractivity contribution in [2.45, 2.75) is 12.3 Å². The van der Waals surface area contributed by atoms with E-state index in [4.69, 9.17) is 17.3 Å². The first kappa shape index (κ1) is 17.6. The second-order valence-electron chi connectivity index (χ2n) is 5.51. The van der Waals surface area contributed by atoms with Crippen molar-refractivity contribution in [2.75, 3.05) is 17.2 Å². The summed E-state index contributed by atoms with van der Waals surface area (Å²) in [6.45, 7) is 0.690. The van der Waals surface area contributed by atoms with Crippen LogP contribution in [0.3, 0.4) is 0 Å². The molecule has 4 nitrogen and oxygen atoms in total. The number of carbonyl (C=O) groups excluding carboxylic acids is 1. The molecule has 0 spiro atoms. The molecular weight excluding hydrogens is 333 g/mol. The van der Waals surface area contributed by atoms with Crippen molar-refractivity contribution < 1.29 is 4.79 Å². The fraction of sp³-hybridized carbons (Fsp3) is 0.235. The molecule has 0 bridgehead atoms. The van der Waals surface area contributed by atoms with Gasteiger partial charge in [0, 0.05) is 16.4 Å². The zero-order valence-corrected chi connectivity index (χ0v) is 14.0. The summed E-state index contributed by atoms with van der Waals surface area (Å²) < 4.78 is 0. The Morgan fingerprint density at radius 3 is 2.48 bits per heavy atom. The van der Waals surface area contributed by atoms with Crippen LogP contribution in [-0.2, 0) is 0 Å². The summed E-state index contributed by atoms with van der Waals surface area (Å²) in [5.41, 5.74) is 8.42. The Labute approximate surface area is 146 Å². The van der Waals surface area contributed by atoms with Gasteiger partial charge in [0.15, 0.2) is 0 Å². The number of nitrogens with two attached hydrogens (primary N) is 1. The quantitative estimate of drug-likeness (QED) is 0.760. The molecule has 2 amide bonds. The Balaban J connectivity index is 0.00000192. The molecule has 0 radical (unpaired) electrons. The molecule has 1 fully saturated rings. The molecular formula is C17H19Cl2N3O. The number of halogens is 2. The van der Waals surface area contributed by atoms with Crippen molar-refractivity contribution in [3.05, 3.63) is 59.1 Å². The highest BCUT2D eigenvalue weighted by atomic mass is 35.5. The van der Waals surface area contributed by atoms with Gasteiger partial charge in [0.2, 0.25) is 0 Å². The maximum Gasteiger partial charge on any atom is 0.323 e. The minimum Gasteiger partial charge on any atom is -0.330 e. The smallest absolute Gasteiger partial charge is 0.323 e. The van der Waals surface area contributed by atoms with Crippen molar-refractivity contribution in [1.82, 2.24) is 0 Å². The molecule has 2 aromatic rings. The van der Waals surface area contributed by atoms with Crippen LogP contribution >= 0.6 is 24.0 Å². The summed E-state index contributed by atoms with van der Waals surface area (Å²) in [5, 5.41) is 6.35. The number of hydrogen-bond donors (Lipinski definition) is 3. The summed E-state index contributed by atoms with van der Waals surface area (Å²) in [6.07, 6.45) is 1.09. The summed E-state index contributed by atoms with van der Waals surface area (Å²) >= 11 is 5.83. The largest absolute Gasteiger partial charge is 0.330 e. The molecule has 1 aliphatic carbocycles. The summed E-state index contributed by atoms with van der Waals surface area (Å²) in [5.74, 6) is 0.985. The van der Waals surface area contributed by atoms with E-state index in [9.17, 15) is 4.79 Å². The third kappa shape index (κ3) is 4.38. The summed E-state index contributed by atoms with van der Waals surface area (Å²) in [6, 6.07) is 14.6. The van der Waals surface area contributed by atoms with Gasteiger partial charge in [0.25, 0.3) is 0 Å². The van der Waals surface area contributed by atoms with Gasteiger partial charge in [-0.15, -0.1) is 12.4 Å². The fourth-order valence-corrected chi connectivity index (χ4v) is 2.77. The van der Waals surface area contributed by atoms with Crippen LogP contribution in [0, 0.1) is 5.92 Å². The number of urea groups is 1. The van der Waals surface area contributed by atoms with Gasteiger partial charge in [-0.1, -0.05) is 29.8 Å². The number of hydrogen-bond acceptors (Lipinski definition) is 2. The topological polar surface area (TPSA) is 67.1 Å². The number of nitrogens with one attached hydrogen (secondary N) is 2. The highest BCUT2D eigenvalue weighted by Gasteiger charge is 2.38. The van der Waals surface area contributed by atoms with Crippen LogP contribution in [0.5, 0.6) is 0 Å². The summed E-state index contributed by atoms with van der Waals surface area (Å²) in [7, 11) is 0. The molecule has 0 heterocycles. The lowest BCUT2D eigenvalue weighted by molar-refractivity contribution is 0.262. The van der Waals surface area contributed by atoms with E-state index in [0.29, 0.717) is 29.1 Å². The molecule has 0 unspecified atom stereocenters. The van der Waals surface area contributed by atoms with E-state index in [2.05, 4.69) is 16.7 Å². The van der Waals surface area contributed by atoms with E-state index in [1.165, 1.54) is 0 Å². The first-order valence-corrected chi connectivity index (χ1v) is 7.67. The first-order chi connectivity index (χ1) is 10.7. The van der Waals surface area contributed by atoms with Crippen LogP contribution in [0.2, 0.25) is 5.02 Å². The lowest BCUT2D eigenvalue weighted by Crippen LogP contribution is -2.20. The van der Waals surface area contributed by atoms with Crippen molar-refractivity contribution in [3.63, 3.8) is 0 Å². The minimum atomic E-state index is -0.264. The van der Waals surface area contributed by atoms with Gasteiger partial charge in [-0.25, -0.2) is 4.79 Å². The van der Waals surface area contributed by atoms with Crippen LogP contribution in [0.15, 0.2) is 48.5 Å². The van der Waals surface area contributed by atoms with Crippen LogP contribution in [0.4, 0.5) is 16.2 Å². The Hall–Kier alpha value is -1.75. The molecule has 122 valence electrons. The third-order valence-corrected chi connectivity index (χ3v) is 4.19. The van der Waals surface area contributed by atoms with Crippen molar-refractivity contribution in [2.24, 2.45) is 11.7 Å². The highest BCUT2D eigenvalue weighted by molar-refractivity contribution is 6.30. The average molecular weight is 352 g/mol. The second kappa shape index (κ2) is 7.68. The second-order valence-corrected chi connectivity index (χ2v) is 5.95. The van der Waals surface area contributed by atoms with Crippen molar-refractivity contribution >= 4 is 41.4 Å². The van der Waals surface area contributed by atoms with Crippen LogP contribution < -0.4 is 16.4 Å². The number of rotatable bonds is 4. The van der Waals surface area contributed by atoms with Gasteiger partial charge in [-0.3, -0.25) is 0 Å². The predicted molar refractivity (Wildman–Crippen MR) is 97.7 cm³/mol. The first-order valence-electron chi connectivity index (χ1n) is 7.30. The lowest BCUT2D eigenvalue weighted by Gasteiger charge is -2.12. The molecule has 0 aromatic heterocycles. The fourth-order valence-electron chi connectivity index (χ4n) is 2.64. The molecule has 3 rings (SSSR count). The van der Waals surface area contributed by atoms with Gasteiger partial charge in [0.05, 0.1) is 0 Å². The predicted octanol–water partition coefficient (Wildman–Crippen LogP) is 4.47. The Kier molecular flexibility index (Phi) is 5.88. The highest BCUT2D eigenvalue weighted by Crippen LogP contribution is 2.48. The normalized spacial score (nSPS) is 18.7. The number of para-hydroxylation sites is 1. The number of carbonyl (C=O) groups is 1. The zero-order chi connectivity index (χ0) is 15.5. The molecule has 2 atom stereocenters. The maximum absolute atomic E-state index is 12.1. The zero-order valence-electron chi connectivity index (χ0n) is 12.5. The Morgan fingerprint density at radius 2 is 1.83 bits per heavy atom. The molecule has 1 saturated carbocycles. The lowest BCUT2D eigenvalue weighted by atomic mass is 10.1. The Morgan fingerprint density at radius 1 is 1.13 bits per heavy atom. The van der Waals surface area contributed by atoms with E-state index in [1.54, 1.807) is 24.3 Å². The molecule has 0 saturated heterocycles. The maximum atomic E-state index is 12.1. The number of anilines is 2. The molecule has 23 heavy (non-hydrogen) atoms. The van der Waals surface area contributed by atoms with Crippen LogP contribution in [0.1, 0.15) is 17.9 Å². The van der Waals surface area contributed by atoms with E-state index in [1.807, 2.05) is 18.2 Å². The summed E-state index contributed by atoms with van der Waals surface area (Å²) in [4.78, 5) is 12.1. The van der Waals surface area contributed by atoms with E-state index in [-0.39, 0.29) is 18.4 Å². The van der Waals surface area contributed by atoms with E-state index in [0.717, 1.165) is 17.7 Å². The molecule has 4 N–H and O–H groups in total.